The predicted octanol–water partition coefficient (Wildman–Crippen LogP) is 4.63. The third-order valence-electron chi connectivity index (χ3n) is 4.95. The summed E-state index contributed by atoms with van der Waals surface area (Å²) in [6, 6.07) is 17.9. The molecule has 0 unspecified atom stereocenters. The summed E-state index contributed by atoms with van der Waals surface area (Å²) in [5, 5.41) is 6.91. The molecule has 2 N–H and O–H groups in total. The lowest BCUT2D eigenvalue weighted by molar-refractivity contribution is -0.120. The number of ether oxygens (including phenoxy) is 3. The van der Waals surface area contributed by atoms with Crippen LogP contribution in [0.2, 0.25) is 5.02 Å². The number of carbonyl (C=O) groups is 3. The van der Waals surface area contributed by atoms with Crippen LogP contribution in [0.15, 0.2) is 71.8 Å². The second-order valence-corrected chi connectivity index (χ2v) is 8.32. The summed E-state index contributed by atoms with van der Waals surface area (Å²) in [5.74, 6) is -0.192. The molecule has 0 fully saturated rings. The molecule has 0 saturated heterocycles. The minimum absolute atomic E-state index is 0.245. The predicted molar refractivity (Wildman–Crippen MR) is 144 cm³/mol. The van der Waals surface area contributed by atoms with Crippen LogP contribution in [0.4, 0.5) is 0 Å². The Morgan fingerprint density at radius 3 is 2.29 bits per heavy atom. The molecule has 0 bridgehead atoms. The maximum absolute atomic E-state index is 12.6. The fourth-order valence-corrected chi connectivity index (χ4v) is 3.23. The van der Waals surface area contributed by atoms with E-state index in [1.807, 2.05) is 6.92 Å². The molecular formula is C28H28ClN3O6. The van der Waals surface area contributed by atoms with Crippen molar-refractivity contribution in [1.82, 2.24) is 10.7 Å². The second-order valence-electron chi connectivity index (χ2n) is 7.88. The smallest absolute Gasteiger partial charge is 0.343 e. The monoisotopic (exact) mass is 537 g/mol. The van der Waals surface area contributed by atoms with Crippen molar-refractivity contribution in [2.45, 2.75) is 20.3 Å². The van der Waals surface area contributed by atoms with Gasteiger partial charge in [-0.3, -0.25) is 9.59 Å². The number of hydrogen-bond acceptors (Lipinski definition) is 7. The van der Waals surface area contributed by atoms with Gasteiger partial charge in [-0.25, -0.2) is 10.2 Å². The molecule has 0 aliphatic heterocycles. The van der Waals surface area contributed by atoms with Crippen LogP contribution in [0, 0.1) is 0 Å². The van der Waals surface area contributed by atoms with Gasteiger partial charge in [-0.15, -0.1) is 0 Å². The maximum atomic E-state index is 12.6. The normalized spacial score (nSPS) is 10.6. The van der Waals surface area contributed by atoms with E-state index in [0.717, 1.165) is 6.42 Å². The number of nitrogens with zero attached hydrogens (tertiary/aromatic N) is 1. The highest BCUT2D eigenvalue weighted by atomic mass is 35.5. The Labute approximate surface area is 225 Å². The summed E-state index contributed by atoms with van der Waals surface area (Å²) in [4.78, 5) is 36.7. The molecule has 38 heavy (non-hydrogen) atoms. The summed E-state index contributed by atoms with van der Waals surface area (Å²) >= 11 is 5.81. The molecule has 3 aromatic rings. The van der Waals surface area contributed by atoms with Crippen LogP contribution in [0.5, 0.6) is 17.2 Å². The van der Waals surface area contributed by atoms with Crippen LogP contribution in [0.3, 0.4) is 0 Å². The van der Waals surface area contributed by atoms with Crippen LogP contribution in [0.1, 0.15) is 46.5 Å². The van der Waals surface area contributed by atoms with Gasteiger partial charge in [-0.1, -0.05) is 18.5 Å². The van der Waals surface area contributed by atoms with Crippen LogP contribution in [-0.2, 0) is 4.79 Å². The molecule has 0 aliphatic carbocycles. The van der Waals surface area contributed by atoms with Gasteiger partial charge in [0, 0.05) is 10.6 Å². The van der Waals surface area contributed by atoms with E-state index in [1.165, 1.54) is 6.21 Å². The minimum Gasteiger partial charge on any atom is -0.494 e. The minimum atomic E-state index is -0.540. The Morgan fingerprint density at radius 2 is 1.61 bits per heavy atom. The topological polar surface area (TPSA) is 115 Å². The molecule has 9 nitrogen and oxygen atoms in total. The Balaban J connectivity index is 1.55. The summed E-state index contributed by atoms with van der Waals surface area (Å²) in [6.07, 6.45) is 2.29. The first-order chi connectivity index (χ1) is 18.4. The van der Waals surface area contributed by atoms with Crippen molar-refractivity contribution in [2.24, 2.45) is 5.10 Å². The van der Waals surface area contributed by atoms with E-state index in [4.69, 9.17) is 25.8 Å². The van der Waals surface area contributed by atoms with Crippen molar-refractivity contribution in [2.75, 3.05) is 19.8 Å². The van der Waals surface area contributed by atoms with Crippen molar-refractivity contribution >= 4 is 35.6 Å². The Kier molecular flexibility index (Phi) is 10.7. The molecule has 0 saturated carbocycles. The highest BCUT2D eigenvalue weighted by Crippen LogP contribution is 2.29. The van der Waals surface area contributed by atoms with Crippen molar-refractivity contribution in [3.63, 3.8) is 0 Å². The molecule has 10 heteroatoms. The molecule has 3 aromatic carbocycles. The van der Waals surface area contributed by atoms with E-state index in [1.54, 1.807) is 73.7 Å². The number of hydrazone groups is 1. The average Bonchev–Trinajstić information content (AvgIpc) is 2.92. The number of amides is 2. The van der Waals surface area contributed by atoms with Gasteiger partial charge < -0.3 is 19.5 Å². The first kappa shape index (κ1) is 28.2. The first-order valence-electron chi connectivity index (χ1n) is 12.0. The molecule has 0 spiro atoms. The summed E-state index contributed by atoms with van der Waals surface area (Å²) < 4.78 is 16.7. The fraction of sp³-hybridized carbons (Fsp3) is 0.214. The summed E-state index contributed by atoms with van der Waals surface area (Å²) in [5.41, 5.74) is 3.69. The summed E-state index contributed by atoms with van der Waals surface area (Å²) in [7, 11) is 0. The number of carbonyl (C=O) groups excluding carboxylic acids is 3. The third-order valence-corrected chi connectivity index (χ3v) is 5.20. The number of halogens is 1. The van der Waals surface area contributed by atoms with Crippen LogP contribution < -0.4 is 25.0 Å². The first-order valence-corrected chi connectivity index (χ1v) is 12.3. The Bertz CT molecular complexity index is 1280. The van der Waals surface area contributed by atoms with Crippen molar-refractivity contribution in [3.8, 4) is 17.2 Å². The molecule has 0 radical (unpaired) electrons. The van der Waals surface area contributed by atoms with E-state index >= 15 is 0 Å². The zero-order valence-corrected chi connectivity index (χ0v) is 21.8. The average molecular weight is 538 g/mol. The van der Waals surface area contributed by atoms with Gasteiger partial charge in [-0.2, -0.15) is 5.10 Å². The van der Waals surface area contributed by atoms with Crippen LogP contribution >= 0.6 is 11.6 Å². The number of hydrogen-bond donors (Lipinski definition) is 2. The van der Waals surface area contributed by atoms with Crippen molar-refractivity contribution in [1.29, 1.82) is 0 Å². The van der Waals surface area contributed by atoms with E-state index in [-0.39, 0.29) is 12.3 Å². The molecular weight excluding hydrogens is 510 g/mol. The number of benzene rings is 3. The molecule has 0 aromatic heterocycles. The molecule has 0 heterocycles. The van der Waals surface area contributed by atoms with E-state index in [9.17, 15) is 14.4 Å². The Hall–Kier alpha value is -4.37. The largest absolute Gasteiger partial charge is 0.494 e. The highest BCUT2D eigenvalue weighted by molar-refractivity contribution is 6.30. The van der Waals surface area contributed by atoms with Gasteiger partial charge >= 0.3 is 5.97 Å². The fourth-order valence-electron chi connectivity index (χ4n) is 3.11. The van der Waals surface area contributed by atoms with Gasteiger partial charge in [-0.05, 0) is 85.6 Å². The number of nitrogens with one attached hydrogen (secondary N) is 2. The van der Waals surface area contributed by atoms with E-state index < -0.39 is 17.8 Å². The molecule has 0 aliphatic rings. The van der Waals surface area contributed by atoms with E-state index in [0.29, 0.717) is 46.4 Å². The van der Waals surface area contributed by atoms with Gasteiger partial charge in [0.05, 0.1) is 31.5 Å². The zero-order chi connectivity index (χ0) is 27.3. The lowest BCUT2D eigenvalue weighted by Gasteiger charge is -2.12. The van der Waals surface area contributed by atoms with Crippen molar-refractivity contribution < 1.29 is 28.6 Å². The van der Waals surface area contributed by atoms with Crippen LogP contribution in [0.25, 0.3) is 0 Å². The third kappa shape index (κ3) is 8.63. The summed E-state index contributed by atoms with van der Waals surface area (Å²) in [6.45, 7) is 4.51. The lowest BCUT2D eigenvalue weighted by Crippen LogP contribution is -2.34. The van der Waals surface area contributed by atoms with E-state index in [2.05, 4.69) is 15.8 Å². The van der Waals surface area contributed by atoms with Crippen LogP contribution in [-0.4, -0.2) is 43.8 Å². The highest BCUT2D eigenvalue weighted by Gasteiger charge is 2.14. The van der Waals surface area contributed by atoms with Gasteiger partial charge in [0.15, 0.2) is 11.5 Å². The van der Waals surface area contributed by atoms with Gasteiger partial charge in [0.1, 0.15) is 5.75 Å². The maximum Gasteiger partial charge on any atom is 0.343 e. The van der Waals surface area contributed by atoms with Gasteiger partial charge in [0.2, 0.25) is 0 Å². The lowest BCUT2D eigenvalue weighted by atomic mass is 10.2. The Morgan fingerprint density at radius 1 is 0.895 bits per heavy atom. The van der Waals surface area contributed by atoms with Gasteiger partial charge in [0.25, 0.3) is 11.8 Å². The molecule has 2 amide bonds. The number of rotatable bonds is 12. The quantitative estimate of drug-likeness (QED) is 0.151. The SMILES string of the molecule is CCCOc1ccc(C(=O)Oc2ccc(/C=N\NC(=O)CNC(=O)c3ccc(Cl)cc3)cc2OCC)cc1. The number of esters is 1. The zero-order valence-electron chi connectivity index (χ0n) is 21.0. The molecule has 0 atom stereocenters. The second kappa shape index (κ2) is 14.4. The standard InChI is InChI=1S/C28H28ClN3O6/c1-3-15-37-23-12-8-21(9-13-23)28(35)38-24-14-5-19(16-25(24)36-4-2)17-31-32-26(33)18-30-27(34)20-6-10-22(29)11-7-20/h5-14,16-17H,3-4,15,18H2,1-2H3,(H,30,34)(H,32,33)/b31-17-. The molecule has 3 rings (SSSR count). The van der Waals surface area contributed by atoms with Crippen molar-refractivity contribution in [3.05, 3.63) is 88.4 Å². The molecule has 198 valence electrons.